The predicted octanol–water partition coefficient (Wildman–Crippen LogP) is 1.59. The molecule has 2 atom stereocenters. The van der Waals surface area contributed by atoms with Crippen LogP contribution in [0.25, 0.3) is 0 Å². The van der Waals surface area contributed by atoms with Gasteiger partial charge in [0.1, 0.15) is 5.54 Å². The van der Waals surface area contributed by atoms with Crippen LogP contribution in [0.15, 0.2) is 0 Å². The van der Waals surface area contributed by atoms with E-state index in [1.807, 2.05) is 27.8 Å². The van der Waals surface area contributed by atoms with Crippen molar-refractivity contribution in [3.8, 4) is 0 Å². The molecule has 6 nitrogen and oxygen atoms in total. The van der Waals surface area contributed by atoms with Gasteiger partial charge in [0.25, 0.3) is 0 Å². The Morgan fingerprint density at radius 1 is 1.45 bits per heavy atom. The smallest absolute Gasteiger partial charge is 0.329 e. The number of nitrogens with one attached hydrogen (secondary N) is 1. The van der Waals surface area contributed by atoms with Gasteiger partial charge < -0.3 is 10.4 Å². The number of aryl methyl sites for hydroxylation is 2. The molecular formula is C16H25N3O3. The van der Waals surface area contributed by atoms with E-state index in [0.29, 0.717) is 6.42 Å². The zero-order valence-corrected chi connectivity index (χ0v) is 13.9. The summed E-state index contributed by atoms with van der Waals surface area (Å²) in [6.07, 6.45) is 2.29. The van der Waals surface area contributed by atoms with Gasteiger partial charge in [-0.25, -0.2) is 4.79 Å². The number of aromatic nitrogens is 2. The van der Waals surface area contributed by atoms with Crippen LogP contribution in [0.4, 0.5) is 0 Å². The monoisotopic (exact) mass is 307 g/mol. The maximum absolute atomic E-state index is 12.4. The minimum absolute atomic E-state index is 0.0445. The topological polar surface area (TPSA) is 84.2 Å². The number of hydrogen-bond acceptors (Lipinski definition) is 3. The fraction of sp³-hybridized carbons (Fsp3) is 0.688. The summed E-state index contributed by atoms with van der Waals surface area (Å²) in [7, 11) is 1.88. The van der Waals surface area contributed by atoms with E-state index >= 15 is 0 Å². The van der Waals surface area contributed by atoms with Gasteiger partial charge >= 0.3 is 5.97 Å². The van der Waals surface area contributed by atoms with Crippen molar-refractivity contribution in [2.75, 3.05) is 0 Å². The molecule has 1 saturated carbocycles. The van der Waals surface area contributed by atoms with Crippen LogP contribution in [0.3, 0.4) is 0 Å². The summed E-state index contributed by atoms with van der Waals surface area (Å²) in [5, 5.41) is 16.5. The van der Waals surface area contributed by atoms with Gasteiger partial charge in [-0.2, -0.15) is 5.10 Å². The lowest BCUT2D eigenvalue weighted by atomic mass is 9.93. The molecule has 22 heavy (non-hydrogen) atoms. The number of carbonyl (C=O) groups is 2. The number of carboxylic acid groups (broad SMARTS) is 1. The first-order valence-electron chi connectivity index (χ1n) is 7.71. The Hall–Kier alpha value is -1.85. The highest BCUT2D eigenvalue weighted by Gasteiger charge is 2.48. The number of hydrogen-bond donors (Lipinski definition) is 2. The van der Waals surface area contributed by atoms with Gasteiger partial charge in [-0.05, 0) is 51.5 Å². The van der Waals surface area contributed by atoms with Gasteiger partial charge in [0.2, 0.25) is 5.91 Å². The summed E-state index contributed by atoms with van der Waals surface area (Å²) >= 11 is 0. The second-order valence-electron chi connectivity index (χ2n) is 6.65. The lowest BCUT2D eigenvalue weighted by Gasteiger charge is -2.27. The summed E-state index contributed by atoms with van der Waals surface area (Å²) in [5.41, 5.74) is 1.88. The van der Waals surface area contributed by atoms with Crippen LogP contribution in [0, 0.1) is 25.7 Å². The number of aliphatic carboxylic acids is 1. The Morgan fingerprint density at radius 3 is 2.45 bits per heavy atom. The molecule has 6 heteroatoms. The zero-order valence-electron chi connectivity index (χ0n) is 13.9. The van der Waals surface area contributed by atoms with E-state index in [1.165, 1.54) is 0 Å². The molecule has 1 aliphatic rings. The van der Waals surface area contributed by atoms with Crippen molar-refractivity contribution in [3.63, 3.8) is 0 Å². The number of carboxylic acids is 1. The number of carbonyl (C=O) groups excluding carboxylic acids is 1. The van der Waals surface area contributed by atoms with Gasteiger partial charge in [0.05, 0.1) is 5.69 Å². The Morgan fingerprint density at radius 2 is 2.05 bits per heavy atom. The van der Waals surface area contributed by atoms with Crippen molar-refractivity contribution in [3.05, 3.63) is 17.0 Å². The van der Waals surface area contributed by atoms with Crippen LogP contribution in [0.1, 0.15) is 43.6 Å². The molecule has 0 bridgehead atoms. The molecule has 0 aromatic carbocycles. The van der Waals surface area contributed by atoms with E-state index < -0.39 is 11.5 Å². The van der Waals surface area contributed by atoms with E-state index in [-0.39, 0.29) is 17.7 Å². The van der Waals surface area contributed by atoms with E-state index in [0.717, 1.165) is 29.8 Å². The SMILES string of the molecule is Cc1nn(C)c(C)c1C[C@@H](C)C(=O)N[C@@](C)(C(=O)O)C1CC1. The highest BCUT2D eigenvalue weighted by molar-refractivity contribution is 5.88. The summed E-state index contributed by atoms with van der Waals surface area (Å²) < 4.78 is 1.81. The molecule has 0 radical (unpaired) electrons. The van der Waals surface area contributed by atoms with Gasteiger partial charge in [0.15, 0.2) is 0 Å². The third-order valence-corrected chi connectivity index (χ3v) is 4.84. The summed E-state index contributed by atoms with van der Waals surface area (Å²) in [6.45, 7) is 7.35. The van der Waals surface area contributed by atoms with E-state index in [4.69, 9.17) is 0 Å². The average Bonchev–Trinajstić information content (AvgIpc) is 3.24. The molecule has 0 unspecified atom stereocenters. The predicted molar refractivity (Wildman–Crippen MR) is 82.5 cm³/mol. The van der Waals surface area contributed by atoms with E-state index in [1.54, 1.807) is 11.6 Å². The molecule has 1 amide bonds. The fourth-order valence-corrected chi connectivity index (χ4v) is 2.88. The molecule has 1 fully saturated rings. The standard InChI is InChI=1S/C16H25N3O3/c1-9(8-13-10(2)18-19(5)11(13)3)14(20)17-16(4,15(21)22)12-6-7-12/h9,12H,6-8H2,1-5H3,(H,17,20)(H,21,22)/t9-,16-/m1/s1. The van der Waals surface area contributed by atoms with Crippen LogP contribution in [-0.4, -0.2) is 32.3 Å². The fourth-order valence-electron chi connectivity index (χ4n) is 2.88. The molecule has 0 saturated heterocycles. The van der Waals surface area contributed by atoms with Gasteiger partial charge in [-0.1, -0.05) is 6.92 Å². The second kappa shape index (κ2) is 5.74. The Balaban J connectivity index is 2.07. The molecule has 0 aliphatic heterocycles. The van der Waals surface area contributed by atoms with Crippen molar-refractivity contribution >= 4 is 11.9 Å². The molecule has 122 valence electrons. The normalized spacial score (nSPS) is 18.6. The molecule has 1 heterocycles. The molecule has 2 rings (SSSR count). The van der Waals surface area contributed by atoms with Crippen LogP contribution >= 0.6 is 0 Å². The molecule has 1 aromatic rings. The van der Waals surface area contributed by atoms with E-state index in [9.17, 15) is 14.7 Å². The number of rotatable bonds is 6. The highest BCUT2D eigenvalue weighted by atomic mass is 16.4. The minimum Gasteiger partial charge on any atom is -0.480 e. The molecular weight excluding hydrogens is 282 g/mol. The van der Waals surface area contributed by atoms with Crippen molar-refractivity contribution in [2.24, 2.45) is 18.9 Å². The molecule has 0 spiro atoms. The third kappa shape index (κ3) is 3.00. The lowest BCUT2D eigenvalue weighted by molar-refractivity contribution is -0.148. The van der Waals surface area contributed by atoms with Crippen LogP contribution in [0.2, 0.25) is 0 Å². The second-order valence-corrected chi connectivity index (χ2v) is 6.65. The van der Waals surface area contributed by atoms with E-state index in [2.05, 4.69) is 10.4 Å². The highest BCUT2D eigenvalue weighted by Crippen LogP contribution is 2.40. The van der Waals surface area contributed by atoms with Crippen molar-refractivity contribution in [2.45, 2.75) is 52.5 Å². The zero-order chi connectivity index (χ0) is 16.7. The van der Waals surface area contributed by atoms with Crippen molar-refractivity contribution in [1.82, 2.24) is 15.1 Å². The Kier molecular flexibility index (Phi) is 4.31. The Labute approximate surface area is 130 Å². The first-order valence-corrected chi connectivity index (χ1v) is 7.71. The quantitative estimate of drug-likeness (QED) is 0.836. The largest absolute Gasteiger partial charge is 0.480 e. The van der Waals surface area contributed by atoms with Crippen LogP contribution in [0.5, 0.6) is 0 Å². The maximum Gasteiger partial charge on any atom is 0.329 e. The van der Waals surface area contributed by atoms with Gasteiger partial charge in [0, 0.05) is 18.7 Å². The number of nitrogens with zero attached hydrogens (tertiary/aromatic N) is 2. The first kappa shape index (κ1) is 16.5. The van der Waals surface area contributed by atoms with Crippen LogP contribution < -0.4 is 5.32 Å². The average molecular weight is 307 g/mol. The van der Waals surface area contributed by atoms with Gasteiger partial charge in [-0.15, -0.1) is 0 Å². The Bertz CT molecular complexity index is 604. The molecule has 1 aliphatic carbocycles. The lowest BCUT2D eigenvalue weighted by Crippen LogP contribution is -2.55. The van der Waals surface area contributed by atoms with Crippen molar-refractivity contribution < 1.29 is 14.7 Å². The summed E-state index contributed by atoms with van der Waals surface area (Å²) in [6, 6.07) is 0. The molecule has 2 N–H and O–H groups in total. The molecule has 1 aromatic heterocycles. The van der Waals surface area contributed by atoms with Crippen LogP contribution in [-0.2, 0) is 23.1 Å². The third-order valence-electron chi connectivity index (χ3n) is 4.84. The number of amides is 1. The maximum atomic E-state index is 12.4. The first-order chi connectivity index (χ1) is 10.2. The minimum atomic E-state index is -1.15. The van der Waals surface area contributed by atoms with Gasteiger partial charge in [-0.3, -0.25) is 9.48 Å². The van der Waals surface area contributed by atoms with Crippen molar-refractivity contribution in [1.29, 1.82) is 0 Å². The summed E-state index contributed by atoms with van der Waals surface area (Å²) in [5.74, 6) is -1.41. The summed E-state index contributed by atoms with van der Waals surface area (Å²) in [4.78, 5) is 23.9.